The third-order valence-corrected chi connectivity index (χ3v) is 9.69. The monoisotopic (exact) mass is 549 g/mol. The average Bonchev–Trinajstić information content (AvgIpc) is 3.46. The van der Waals surface area contributed by atoms with Gasteiger partial charge in [-0.1, -0.05) is 35.7 Å². The Morgan fingerprint density at radius 3 is 2.61 bits per heavy atom. The van der Waals surface area contributed by atoms with E-state index in [1.54, 1.807) is 12.1 Å². The summed E-state index contributed by atoms with van der Waals surface area (Å²) < 4.78 is 41.7. The van der Waals surface area contributed by atoms with Crippen LogP contribution >= 0.6 is 23.2 Å². The topological polar surface area (TPSA) is 72.9 Å². The Kier molecular flexibility index (Phi) is 6.91. The van der Waals surface area contributed by atoms with Gasteiger partial charge in [-0.15, -0.1) is 0 Å². The SMILES string of the molecule is C[C@H]1C2=CNN(c3ccc(F)cc3)C2=CC2=C1[C@@H](CN(CCO)S(=O)(=O)c1ccc(Cl)c(Cl)c1)CC2. The van der Waals surface area contributed by atoms with Crippen LogP contribution in [0.2, 0.25) is 10.0 Å². The molecule has 2 atom stereocenters. The number of benzene rings is 2. The Morgan fingerprint density at radius 2 is 1.92 bits per heavy atom. The molecular formula is C26H26Cl2FN3O3S. The second-order valence-electron chi connectivity index (χ2n) is 9.17. The number of fused-ring (bicyclic) bond motifs is 1. The molecule has 0 unspecified atom stereocenters. The van der Waals surface area contributed by atoms with Crippen molar-refractivity contribution in [3.63, 3.8) is 0 Å². The second-order valence-corrected chi connectivity index (χ2v) is 11.9. The Morgan fingerprint density at radius 1 is 1.17 bits per heavy atom. The number of aliphatic hydroxyl groups is 1. The molecule has 0 saturated heterocycles. The molecule has 2 aliphatic carbocycles. The lowest BCUT2D eigenvalue weighted by atomic mass is 9.80. The number of aliphatic hydroxyl groups excluding tert-OH is 1. The van der Waals surface area contributed by atoms with E-state index in [1.807, 2.05) is 11.2 Å². The van der Waals surface area contributed by atoms with Gasteiger partial charge in [0.05, 0.1) is 32.9 Å². The molecule has 10 heteroatoms. The molecule has 3 aliphatic rings. The number of hydrogen-bond donors (Lipinski definition) is 2. The summed E-state index contributed by atoms with van der Waals surface area (Å²) in [5.41, 5.74) is 8.65. The van der Waals surface area contributed by atoms with E-state index in [0.29, 0.717) is 0 Å². The number of halogens is 3. The fourth-order valence-electron chi connectivity index (χ4n) is 5.36. The Balaban J connectivity index is 1.43. The molecule has 2 N–H and O–H groups in total. The molecule has 5 rings (SSSR count). The molecule has 2 aromatic carbocycles. The van der Waals surface area contributed by atoms with Crippen molar-refractivity contribution in [2.75, 3.05) is 24.7 Å². The lowest BCUT2D eigenvalue weighted by molar-refractivity contribution is 0.243. The van der Waals surface area contributed by atoms with Crippen molar-refractivity contribution in [2.24, 2.45) is 11.8 Å². The lowest BCUT2D eigenvalue weighted by Gasteiger charge is -2.32. The van der Waals surface area contributed by atoms with E-state index in [-0.39, 0.29) is 52.3 Å². The van der Waals surface area contributed by atoms with Gasteiger partial charge in [0.15, 0.2) is 0 Å². The zero-order valence-electron chi connectivity index (χ0n) is 19.6. The molecule has 0 bridgehead atoms. The Labute approximate surface area is 220 Å². The van der Waals surface area contributed by atoms with Crippen molar-refractivity contribution in [2.45, 2.75) is 24.7 Å². The largest absolute Gasteiger partial charge is 0.395 e. The molecule has 0 spiro atoms. The molecule has 0 fully saturated rings. The summed E-state index contributed by atoms with van der Waals surface area (Å²) in [7, 11) is -3.88. The Hall–Kier alpha value is -2.36. The molecule has 0 radical (unpaired) electrons. The predicted octanol–water partition coefficient (Wildman–Crippen LogP) is 5.26. The summed E-state index contributed by atoms with van der Waals surface area (Å²) in [5, 5.41) is 12.0. The van der Waals surface area contributed by atoms with Gasteiger partial charge < -0.3 is 10.5 Å². The van der Waals surface area contributed by atoms with Crippen LogP contribution in [0.15, 0.2) is 82.1 Å². The van der Waals surface area contributed by atoms with Crippen molar-refractivity contribution < 1.29 is 17.9 Å². The van der Waals surface area contributed by atoms with Crippen molar-refractivity contribution >= 4 is 38.9 Å². The maximum atomic E-state index is 13.5. The minimum Gasteiger partial charge on any atom is -0.395 e. The normalized spacial score (nSPS) is 21.3. The zero-order valence-corrected chi connectivity index (χ0v) is 21.9. The second kappa shape index (κ2) is 9.84. The molecule has 2 aromatic rings. The van der Waals surface area contributed by atoms with E-state index in [0.717, 1.165) is 29.8 Å². The molecule has 36 heavy (non-hydrogen) atoms. The van der Waals surface area contributed by atoms with Gasteiger partial charge in [0.2, 0.25) is 10.0 Å². The minimum absolute atomic E-state index is 0.0117. The first-order valence-electron chi connectivity index (χ1n) is 11.7. The van der Waals surface area contributed by atoms with Crippen LogP contribution in [0.5, 0.6) is 0 Å². The van der Waals surface area contributed by atoms with Gasteiger partial charge in [0.25, 0.3) is 0 Å². The van der Waals surface area contributed by atoms with Crippen molar-refractivity contribution in [3.05, 3.63) is 93.0 Å². The van der Waals surface area contributed by atoms with Crippen molar-refractivity contribution in [1.29, 1.82) is 0 Å². The quantitative estimate of drug-likeness (QED) is 0.492. The molecule has 0 aromatic heterocycles. The fourth-order valence-corrected chi connectivity index (χ4v) is 7.23. The number of nitrogens with zero attached hydrogens (tertiary/aromatic N) is 2. The summed E-state index contributed by atoms with van der Waals surface area (Å²) in [4.78, 5) is 0.0501. The number of hydrazine groups is 1. The van der Waals surface area contributed by atoms with Gasteiger partial charge in [-0.05, 0) is 72.9 Å². The van der Waals surface area contributed by atoms with Crippen LogP contribution in [0.3, 0.4) is 0 Å². The highest BCUT2D eigenvalue weighted by molar-refractivity contribution is 7.89. The third-order valence-electron chi connectivity index (χ3n) is 7.09. The number of allylic oxidation sites excluding steroid dienone is 3. The fraction of sp³-hybridized carbons (Fsp3) is 0.308. The van der Waals surface area contributed by atoms with Gasteiger partial charge in [-0.3, -0.25) is 5.01 Å². The number of rotatable bonds is 7. The molecule has 0 saturated carbocycles. The number of hydrogen-bond acceptors (Lipinski definition) is 5. The molecule has 6 nitrogen and oxygen atoms in total. The first kappa shape index (κ1) is 25.3. The lowest BCUT2D eigenvalue weighted by Crippen LogP contribution is -2.38. The number of nitrogens with one attached hydrogen (secondary N) is 1. The molecule has 0 amide bonds. The van der Waals surface area contributed by atoms with Gasteiger partial charge in [0, 0.05) is 30.8 Å². The molecule has 1 aliphatic heterocycles. The number of sulfonamides is 1. The van der Waals surface area contributed by atoms with Gasteiger partial charge >= 0.3 is 0 Å². The zero-order chi connectivity index (χ0) is 25.6. The third kappa shape index (κ3) is 4.46. The van der Waals surface area contributed by atoms with E-state index >= 15 is 0 Å². The minimum atomic E-state index is -3.88. The van der Waals surface area contributed by atoms with Crippen LogP contribution in [-0.4, -0.2) is 37.5 Å². The van der Waals surface area contributed by atoms with E-state index in [1.165, 1.54) is 45.8 Å². The maximum absolute atomic E-state index is 13.5. The average molecular weight is 550 g/mol. The van der Waals surface area contributed by atoms with E-state index in [2.05, 4.69) is 18.4 Å². The summed E-state index contributed by atoms with van der Waals surface area (Å²) in [6, 6.07) is 10.6. The highest BCUT2D eigenvalue weighted by atomic mass is 35.5. The first-order chi connectivity index (χ1) is 17.2. The highest BCUT2D eigenvalue weighted by Crippen LogP contribution is 2.48. The summed E-state index contributed by atoms with van der Waals surface area (Å²) in [6.45, 7) is 2.09. The highest BCUT2D eigenvalue weighted by Gasteiger charge is 2.40. The van der Waals surface area contributed by atoms with Gasteiger partial charge in [-0.2, -0.15) is 4.31 Å². The number of anilines is 1. The van der Waals surface area contributed by atoms with Crippen molar-refractivity contribution in [1.82, 2.24) is 9.73 Å². The van der Waals surface area contributed by atoms with Crippen LogP contribution in [0, 0.1) is 17.7 Å². The van der Waals surface area contributed by atoms with E-state index < -0.39 is 10.0 Å². The Bertz CT molecular complexity index is 1390. The molecule has 190 valence electrons. The van der Waals surface area contributed by atoms with Crippen LogP contribution in [-0.2, 0) is 10.0 Å². The van der Waals surface area contributed by atoms with Crippen LogP contribution in [0.25, 0.3) is 0 Å². The van der Waals surface area contributed by atoms with Crippen LogP contribution < -0.4 is 10.4 Å². The predicted molar refractivity (Wildman–Crippen MR) is 139 cm³/mol. The first-order valence-corrected chi connectivity index (χ1v) is 13.9. The standard InChI is InChI=1S/C26H26Cl2FN3O3S/c1-16-22-14-30-32(20-6-4-19(29)5-7-20)25(22)12-17-2-3-18(26(16)17)15-31(10-11-33)36(34,35)21-8-9-23(27)24(28)13-21/h4-9,12-14,16,18,30,33H,2-3,10-11,15H2,1H3/t16-,18+/m0/s1. The maximum Gasteiger partial charge on any atom is 0.243 e. The van der Waals surface area contributed by atoms with E-state index in [9.17, 15) is 17.9 Å². The summed E-state index contributed by atoms with van der Waals surface area (Å²) in [6.07, 6.45) is 5.75. The van der Waals surface area contributed by atoms with E-state index in [4.69, 9.17) is 23.2 Å². The summed E-state index contributed by atoms with van der Waals surface area (Å²) >= 11 is 12.1. The van der Waals surface area contributed by atoms with Gasteiger partial charge in [-0.25, -0.2) is 12.8 Å². The van der Waals surface area contributed by atoms with Crippen LogP contribution in [0.4, 0.5) is 10.1 Å². The van der Waals surface area contributed by atoms with Crippen LogP contribution in [0.1, 0.15) is 19.8 Å². The smallest absolute Gasteiger partial charge is 0.243 e. The molecular weight excluding hydrogens is 524 g/mol. The summed E-state index contributed by atoms with van der Waals surface area (Å²) in [5.74, 6) is -0.198. The molecule has 1 heterocycles. The van der Waals surface area contributed by atoms with Gasteiger partial charge in [0.1, 0.15) is 5.82 Å². The van der Waals surface area contributed by atoms with Crippen molar-refractivity contribution in [3.8, 4) is 0 Å².